The van der Waals surface area contributed by atoms with Crippen molar-refractivity contribution in [3.05, 3.63) is 18.2 Å². The van der Waals surface area contributed by atoms with E-state index in [1.165, 1.54) is 11.8 Å². The van der Waals surface area contributed by atoms with Crippen LogP contribution in [-0.4, -0.2) is 23.6 Å². The number of benzene rings is 1. The number of fused-ring (bicyclic) bond motifs is 1. The van der Waals surface area contributed by atoms with Crippen molar-refractivity contribution in [2.24, 2.45) is 11.1 Å². The highest BCUT2D eigenvalue weighted by Crippen LogP contribution is 2.33. The molecule has 0 fully saturated rings. The molecule has 1 heterocycles. The molecule has 1 aliphatic rings. The average Bonchev–Trinajstić information content (AvgIpc) is 2.36. The fraction of sp³-hybridized carbons (Fsp3) is 0.429. The molecule has 108 valence electrons. The molecule has 0 bridgehead atoms. The number of hydrogen-bond acceptors (Lipinski definition) is 4. The van der Waals surface area contributed by atoms with Gasteiger partial charge in [0.15, 0.2) is 0 Å². The zero-order chi connectivity index (χ0) is 14.9. The Balaban J connectivity index is 2.13. The quantitative estimate of drug-likeness (QED) is 0.779. The smallest absolute Gasteiger partial charge is 0.241 e. The molecule has 0 radical (unpaired) electrons. The topological polar surface area (TPSA) is 84.2 Å². The van der Waals surface area contributed by atoms with E-state index in [0.717, 1.165) is 10.6 Å². The molecule has 1 aliphatic heterocycles. The average molecular weight is 293 g/mol. The van der Waals surface area contributed by atoms with E-state index in [-0.39, 0.29) is 17.2 Å². The zero-order valence-corrected chi connectivity index (χ0v) is 12.6. The first kappa shape index (κ1) is 14.9. The van der Waals surface area contributed by atoms with Crippen LogP contribution in [0.4, 0.5) is 11.4 Å². The normalized spacial score (nSPS) is 16.1. The van der Waals surface area contributed by atoms with Crippen molar-refractivity contribution < 1.29 is 9.59 Å². The monoisotopic (exact) mass is 293 g/mol. The predicted octanol–water partition coefficient (Wildman–Crippen LogP) is 2.04. The van der Waals surface area contributed by atoms with E-state index in [0.29, 0.717) is 11.4 Å². The predicted molar refractivity (Wildman–Crippen MR) is 81.9 cm³/mol. The highest BCUT2D eigenvalue weighted by Gasteiger charge is 2.27. The highest BCUT2D eigenvalue weighted by molar-refractivity contribution is 8.00. The second kappa shape index (κ2) is 5.46. The summed E-state index contributed by atoms with van der Waals surface area (Å²) in [6.07, 6.45) is 0. The molecule has 0 spiro atoms. The lowest BCUT2D eigenvalue weighted by Gasteiger charge is -2.26. The van der Waals surface area contributed by atoms with Crippen LogP contribution >= 0.6 is 11.8 Å². The van der Waals surface area contributed by atoms with Crippen LogP contribution in [0.15, 0.2) is 23.1 Å². The first-order chi connectivity index (χ1) is 9.27. The molecule has 2 amide bonds. The van der Waals surface area contributed by atoms with Crippen LogP contribution in [-0.2, 0) is 9.59 Å². The Morgan fingerprint density at radius 2 is 2.15 bits per heavy atom. The highest BCUT2D eigenvalue weighted by atomic mass is 32.2. The van der Waals surface area contributed by atoms with E-state index in [1.807, 2.05) is 32.9 Å². The molecule has 20 heavy (non-hydrogen) atoms. The molecular formula is C14H19N3O2S. The number of nitrogens with two attached hydrogens (primary N) is 1. The maximum absolute atomic E-state index is 12.1. The number of nitrogens with one attached hydrogen (secondary N) is 2. The number of rotatable bonds is 2. The molecule has 0 aliphatic carbocycles. The van der Waals surface area contributed by atoms with Gasteiger partial charge in [0, 0.05) is 10.6 Å². The van der Waals surface area contributed by atoms with Crippen LogP contribution in [0.2, 0.25) is 0 Å². The van der Waals surface area contributed by atoms with Gasteiger partial charge in [0.1, 0.15) is 0 Å². The Morgan fingerprint density at radius 1 is 1.45 bits per heavy atom. The van der Waals surface area contributed by atoms with Crippen LogP contribution in [0.1, 0.15) is 20.8 Å². The molecule has 0 unspecified atom stereocenters. The SMILES string of the molecule is CC(C)(C)[C@@H](N)C(=O)Nc1ccc2c(c1)NC(=O)CS2. The Morgan fingerprint density at radius 3 is 2.80 bits per heavy atom. The number of carbonyl (C=O) groups excluding carboxylic acids is 2. The third-order valence-corrected chi connectivity index (χ3v) is 4.17. The fourth-order valence-corrected chi connectivity index (χ4v) is 2.56. The van der Waals surface area contributed by atoms with E-state index in [4.69, 9.17) is 5.73 Å². The minimum atomic E-state index is -0.595. The summed E-state index contributed by atoms with van der Waals surface area (Å²) < 4.78 is 0. The van der Waals surface area contributed by atoms with Crippen molar-refractivity contribution in [1.82, 2.24) is 0 Å². The van der Waals surface area contributed by atoms with Crippen molar-refractivity contribution in [2.75, 3.05) is 16.4 Å². The van der Waals surface area contributed by atoms with Gasteiger partial charge in [-0.05, 0) is 23.6 Å². The molecule has 5 nitrogen and oxygen atoms in total. The number of thioether (sulfide) groups is 1. The maximum atomic E-state index is 12.1. The Labute approximate surface area is 122 Å². The lowest BCUT2D eigenvalue weighted by Crippen LogP contribution is -2.45. The van der Waals surface area contributed by atoms with Gasteiger partial charge < -0.3 is 16.4 Å². The molecular weight excluding hydrogens is 274 g/mol. The van der Waals surface area contributed by atoms with Crippen LogP contribution in [0.3, 0.4) is 0 Å². The summed E-state index contributed by atoms with van der Waals surface area (Å²) in [6.45, 7) is 5.75. The summed E-state index contributed by atoms with van der Waals surface area (Å²) in [5.41, 5.74) is 6.98. The molecule has 1 aromatic rings. The van der Waals surface area contributed by atoms with Gasteiger partial charge in [-0.1, -0.05) is 20.8 Å². The molecule has 2 rings (SSSR count). The van der Waals surface area contributed by atoms with Gasteiger partial charge in [0.2, 0.25) is 11.8 Å². The number of carbonyl (C=O) groups is 2. The van der Waals surface area contributed by atoms with Crippen molar-refractivity contribution in [2.45, 2.75) is 31.7 Å². The zero-order valence-electron chi connectivity index (χ0n) is 11.8. The van der Waals surface area contributed by atoms with Gasteiger partial charge in [-0.2, -0.15) is 0 Å². The Hall–Kier alpha value is -1.53. The second-order valence-electron chi connectivity index (χ2n) is 5.88. The van der Waals surface area contributed by atoms with E-state index < -0.39 is 6.04 Å². The molecule has 0 aromatic heterocycles. The summed E-state index contributed by atoms with van der Waals surface area (Å²) in [5.74, 6) is 0.165. The molecule has 0 saturated heterocycles. The largest absolute Gasteiger partial charge is 0.325 e. The Bertz CT molecular complexity index is 552. The van der Waals surface area contributed by atoms with E-state index in [2.05, 4.69) is 10.6 Å². The third-order valence-electron chi connectivity index (χ3n) is 3.10. The molecule has 6 heteroatoms. The van der Waals surface area contributed by atoms with Crippen molar-refractivity contribution in [3.8, 4) is 0 Å². The van der Waals surface area contributed by atoms with Crippen molar-refractivity contribution in [3.63, 3.8) is 0 Å². The minimum Gasteiger partial charge on any atom is -0.325 e. The lowest BCUT2D eigenvalue weighted by atomic mass is 9.87. The molecule has 1 atom stereocenters. The standard InChI is InChI=1S/C14H19N3O2S/c1-14(2,3)12(15)13(19)16-8-4-5-10-9(6-8)17-11(18)7-20-10/h4-6,12H,7,15H2,1-3H3,(H,16,19)(H,17,18)/t12-/m0/s1. The van der Waals surface area contributed by atoms with Crippen molar-refractivity contribution >= 4 is 35.0 Å². The van der Waals surface area contributed by atoms with Crippen LogP contribution in [0.5, 0.6) is 0 Å². The lowest BCUT2D eigenvalue weighted by molar-refractivity contribution is -0.119. The van der Waals surface area contributed by atoms with Gasteiger partial charge >= 0.3 is 0 Å². The summed E-state index contributed by atoms with van der Waals surface area (Å²) in [6, 6.07) is 4.86. The van der Waals surface area contributed by atoms with Crippen LogP contribution in [0, 0.1) is 5.41 Å². The summed E-state index contributed by atoms with van der Waals surface area (Å²) in [5, 5.41) is 5.58. The Kier molecular flexibility index (Phi) is 4.06. The first-order valence-corrected chi connectivity index (χ1v) is 7.39. The molecule has 4 N–H and O–H groups in total. The summed E-state index contributed by atoms with van der Waals surface area (Å²) >= 11 is 1.49. The first-order valence-electron chi connectivity index (χ1n) is 6.40. The minimum absolute atomic E-state index is 0.0302. The van der Waals surface area contributed by atoms with E-state index >= 15 is 0 Å². The van der Waals surface area contributed by atoms with Crippen LogP contribution in [0.25, 0.3) is 0 Å². The molecule has 1 aromatic carbocycles. The van der Waals surface area contributed by atoms with Crippen molar-refractivity contribution in [1.29, 1.82) is 0 Å². The van der Waals surface area contributed by atoms with E-state index in [1.54, 1.807) is 6.07 Å². The molecule has 0 saturated carbocycles. The van der Waals surface area contributed by atoms with Gasteiger partial charge in [0.05, 0.1) is 17.5 Å². The third kappa shape index (κ3) is 3.32. The van der Waals surface area contributed by atoms with Gasteiger partial charge in [-0.25, -0.2) is 0 Å². The number of hydrogen-bond donors (Lipinski definition) is 3. The number of anilines is 2. The summed E-state index contributed by atoms with van der Waals surface area (Å²) in [4.78, 5) is 24.4. The van der Waals surface area contributed by atoms with Gasteiger partial charge in [-0.3, -0.25) is 9.59 Å². The number of amides is 2. The second-order valence-corrected chi connectivity index (χ2v) is 6.90. The van der Waals surface area contributed by atoms with Crippen LogP contribution < -0.4 is 16.4 Å². The maximum Gasteiger partial charge on any atom is 0.241 e. The fourth-order valence-electron chi connectivity index (χ4n) is 1.77. The van der Waals surface area contributed by atoms with Gasteiger partial charge in [0.25, 0.3) is 0 Å². The summed E-state index contributed by atoms with van der Waals surface area (Å²) in [7, 11) is 0. The van der Waals surface area contributed by atoms with Gasteiger partial charge in [-0.15, -0.1) is 11.8 Å². The van der Waals surface area contributed by atoms with E-state index in [9.17, 15) is 9.59 Å².